The van der Waals surface area contributed by atoms with Crippen molar-refractivity contribution in [2.75, 3.05) is 12.4 Å². The van der Waals surface area contributed by atoms with Crippen LogP contribution in [0.5, 0.6) is 0 Å². The first-order chi connectivity index (χ1) is 10.2. The van der Waals surface area contributed by atoms with Crippen LogP contribution in [0.4, 0.5) is 5.82 Å². The second kappa shape index (κ2) is 7.38. The van der Waals surface area contributed by atoms with Crippen molar-refractivity contribution >= 4 is 11.7 Å². The first kappa shape index (κ1) is 15.0. The molecular weight excluding hydrogens is 264 g/mol. The highest BCUT2D eigenvalue weighted by atomic mass is 16.1. The lowest BCUT2D eigenvalue weighted by atomic mass is 10.0. The molecule has 0 fully saturated rings. The minimum Gasteiger partial charge on any atom is -0.366 e. The molecule has 0 aliphatic rings. The number of nitrogens with one attached hydrogen (secondary N) is 2. The molecule has 0 saturated carbocycles. The number of carbonyl (C=O) groups excluding carboxylic acids is 1. The van der Waals surface area contributed by atoms with Crippen LogP contribution in [0.3, 0.4) is 0 Å². The first-order valence-corrected chi connectivity index (χ1v) is 7.09. The predicted molar refractivity (Wildman–Crippen MR) is 83.3 cm³/mol. The molecule has 5 heteroatoms. The van der Waals surface area contributed by atoms with Crippen LogP contribution in [0.15, 0.2) is 42.5 Å². The lowest BCUT2D eigenvalue weighted by Crippen LogP contribution is -2.23. The zero-order valence-electron chi connectivity index (χ0n) is 12.3. The molecule has 0 aliphatic heterocycles. The van der Waals surface area contributed by atoms with Gasteiger partial charge in [-0.1, -0.05) is 37.3 Å². The third-order valence-corrected chi connectivity index (χ3v) is 3.29. The monoisotopic (exact) mass is 284 g/mol. The fraction of sp³-hybridized carbons (Fsp3) is 0.312. The fourth-order valence-corrected chi connectivity index (χ4v) is 2.06. The van der Waals surface area contributed by atoms with Gasteiger partial charge in [0, 0.05) is 13.1 Å². The quantitative estimate of drug-likeness (QED) is 0.854. The molecule has 2 rings (SSSR count). The number of hydrogen-bond acceptors (Lipinski definition) is 4. The summed E-state index contributed by atoms with van der Waals surface area (Å²) in [4.78, 5) is 11.4. The molecular formula is C16H20N4O. The van der Waals surface area contributed by atoms with Gasteiger partial charge in [0.2, 0.25) is 0 Å². The van der Waals surface area contributed by atoms with Crippen LogP contribution in [0.1, 0.15) is 29.4 Å². The Kier molecular flexibility index (Phi) is 5.26. The summed E-state index contributed by atoms with van der Waals surface area (Å²) in [6.45, 7) is 2.13. The van der Waals surface area contributed by atoms with E-state index in [2.05, 4.69) is 39.9 Å². The van der Waals surface area contributed by atoms with Crippen molar-refractivity contribution in [2.45, 2.75) is 25.8 Å². The van der Waals surface area contributed by atoms with Gasteiger partial charge >= 0.3 is 0 Å². The Hall–Kier alpha value is -2.43. The van der Waals surface area contributed by atoms with Crippen molar-refractivity contribution in [2.24, 2.45) is 0 Å². The van der Waals surface area contributed by atoms with E-state index in [1.54, 1.807) is 19.2 Å². The van der Waals surface area contributed by atoms with Gasteiger partial charge in [-0.25, -0.2) is 0 Å². The van der Waals surface area contributed by atoms with E-state index in [0.29, 0.717) is 11.5 Å². The number of nitrogens with zero attached hydrogens (tertiary/aromatic N) is 2. The molecule has 0 spiro atoms. The molecule has 1 amide bonds. The van der Waals surface area contributed by atoms with Crippen molar-refractivity contribution in [3.63, 3.8) is 0 Å². The van der Waals surface area contributed by atoms with E-state index in [-0.39, 0.29) is 11.9 Å². The zero-order chi connectivity index (χ0) is 15.1. The standard InChI is InChI=1S/C16H20N4O/c1-3-13(11-12-7-5-4-6-8-12)18-15-10-9-14(19-20-15)16(21)17-2/h4-10,13H,3,11H2,1-2H3,(H,17,21)(H,18,20). The van der Waals surface area contributed by atoms with Gasteiger partial charge in [-0.05, 0) is 30.5 Å². The van der Waals surface area contributed by atoms with Crippen LogP contribution in [0.2, 0.25) is 0 Å². The molecule has 1 aromatic carbocycles. The Morgan fingerprint density at radius 1 is 1.14 bits per heavy atom. The van der Waals surface area contributed by atoms with E-state index >= 15 is 0 Å². The van der Waals surface area contributed by atoms with Gasteiger partial charge in [0.05, 0.1) is 0 Å². The van der Waals surface area contributed by atoms with Gasteiger partial charge in [-0.3, -0.25) is 4.79 Å². The third kappa shape index (κ3) is 4.27. The molecule has 5 nitrogen and oxygen atoms in total. The Balaban J connectivity index is 2.00. The minimum atomic E-state index is -0.231. The highest BCUT2D eigenvalue weighted by molar-refractivity contribution is 5.91. The largest absolute Gasteiger partial charge is 0.366 e. The van der Waals surface area contributed by atoms with Crippen LogP contribution in [0, 0.1) is 0 Å². The van der Waals surface area contributed by atoms with Crippen LogP contribution in [0.25, 0.3) is 0 Å². The number of aromatic nitrogens is 2. The summed E-state index contributed by atoms with van der Waals surface area (Å²) in [6.07, 6.45) is 1.91. The molecule has 2 aromatic rings. The molecule has 0 radical (unpaired) electrons. The molecule has 1 atom stereocenters. The Labute approximate surface area is 124 Å². The summed E-state index contributed by atoms with van der Waals surface area (Å²) in [6, 6.07) is 14.1. The van der Waals surface area contributed by atoms with Gasteiger partial charge in [-0.15, -0.1) is 10.2 Å². The first-order valence-electron chi connectivity index (χ1n) is 7.09. The summed E-state index contributed by atoms with van der Waals surface area (Å²) in [5.74, 6) is 0.454. The van der Waals surface area contributed by atoms with E-state index in [0.717, 1.165) is 12.8 Å². The molecule has 0 saturated heterocycles. The van der Waals surface area contributed by atoms with Crippen molar-refractivity contribution < 1.29 is 4.79 Å². The Morgan fingerprint density at radius 2 is 1.90 bits per heavy atom. The second-order valence-corrected chi connectivity index (χ2v) is 4.82. The lowest BCUT2D eigenvalue weighted by Gasteiger charge is -2.17. The molecule has 0 aliphatic carbocycles. The number of carbonyl (C=O) groups is 1. The van der Waals surface area contributed by atoms with E-state index in [4.69, 9.17) is 0 Å². The average Bonchev–Trinajstić information content (AvgIpc) is 2.55. The summed E-state index contributed by atoms with van der Waals surface area (Å²) in [7, 11) is 1.57. The van der Waals surface area contributed by atoms with Crippen LogP contribution < -0.4 is 10.6 Å². The smallest absolute Gasteiger partial charge is 0.271 e. The molecule has 0 bridgehead atoms. The van der Waals surface area contributed by atoms with E-state index in [1.807, 2.05) is 18.2 Å². The minimum absolute atomic E-state index is 0.231. The molecule has 1 heterocycles. The SMILES string of the molecule is CCC(Cc1ccccc1)Nc1ccc(C(=O)NC)nn1. The average molecular weight is 284 g/mol. The zero-order valence-corrected chi connectivity index (χ0v) is 12.3. The van der Waals surface area contributed by atoms with Gasteiger partial charge < -0.3 is 10.6 Å². The fourth-order valence-electron chi connectivity index (χ4n) is 2.06. The van der Waals surface area contributed by atoms with Gasteiger partial charge in [-0.2, -0.15) is 0 Å². The summed E-state index contributed by atoms with van der Waals surface area (Å²) >= 11 is 0. The van der Waals surface area contributed by atoms with E-state index in [1.165, 1.54) is 5.56 Å². The topological polar surface area (TPSA) is 66.9 Å². The predicted octanol–water partition coefficient (Wildman–Crippen LogP) is 2.27. The van der Waals surface area contributed by atoms with E-state index < -0.39 is 0 Å². The number of hydrogen-bond donors (Lipinski definition) is 2. The second-order valence-electron chi connectivity index (χ2n) is 4.82. The summed E-state index contributed by atoms with van der Waals surface area (Å²) in [5, 5.41) is 13.9. The Bertz CT molecular complexity index is 569. The highest BCUT2D eigenvalue weighted by Gasteiger charge is 2.10. The molecule has 110 valence electrons. The molecule has 2 N–H and O–H groups in total. The van der Waals surface area contributed by atoms with Gasteiger partial charge in [0.25, 0.3) is 5.91 Å². The molecule has 21 heavy (non-hydrogen) atoms. The lowest BCUT2D eigenvalue weighted by molar-refractivity contribution is 0.0957. The number of benzene rings is 1. The maximum atomic E-state index is 11.4. The van der Waals surface area contributed by atoms with Crippen LogP contribution in [-0.2, 0) is 6.42 Å². The van der Waals surface area contributed by atoms with Gasteiger partial charge in [0.15, 0.2) is 5.69 Å². The number of anilines is 1. The highest BCUT2D eigenvalue weighted by Crippen LogP contribution is 2.11. The summed E-state index contributed by atoms with van der Waals surface area (Å²) < 4.78 is 0. The van der Waals surface area contributed by atoms with Crippen molar-refractivity contribution in [1.82, 2.24) is 15.5 Å². The maximum Gasteiger partial charge on any atom is 0.271 e. The Morgan fingerprint density at radius 3 is 2.48 bits per heavy atom. The van der Waals surface area contributed by atoms with Gasteiger partial charge in [0.1, 0.15) is 5.82 Å². The molecule has 1 aromatic heterocycles. The van der Waals surface area contributed by atoms with Crippen LogP contribution >= 0.6 is 0 Å². The van der Waals surface area contributed by atoms with E-state index in [9.17, 15) is 4.79 Å². The summed E-state index contributed by atoms with van der Waals surface area (Å²) in [5.41, 5.74) is 1.60. The van der Waals surface area contributed by atoms with Crippen molar-refractivity contribution in [3.05, 3.63) is 53.7 Å². The van der Waals surface area contributed by atoms with Crippen molar-refractivity contribution in [1.29, 1.82) is 0 Å². The molecule has 1 unspecified atom stereocenters. The number of rotatable bonds is 6. The third-order valence-electron chi connectivity index (χ3n) is 3.29. The number of amides is 1. The normalized spacial score (nSPS) is 11.7. The van der Waals surface area contributed by atoms with Crippen molar-refractivity contribution in [3.8, 4) is 0 Å². The van der Waals surface area contributed by atoms with Crippen LogP contribution in [-0.4, -0.2) is 29.2 Å². The maximum absolute atomic E-state index is 11.4.